The lowest BCUT2D eigenvalue weighted by Gasteiger charge is -2.19. The van der Waals surface area contributed by atoms with Gasteiger partial charge in [-0.05, 0) is 123 Å². The van der Waals surface area contributed by atoms with Crippen LogP contribution in [0.4, 0.5) is 11.5 Å². The maximum Gasteiger partial charge on any atom is 0.227 e. The maximum absolute atomic E-state index is 10.4. The van der Waals surface area contributed by atoms with Crippen LogP contribution in [0.5, 0.6) is 0 Å². The highest BCUT2D eigenvalue weighted by Crippen LogP contribution is 2.38. The van der Waals surface area contributed by atoms with E-state index in [1.54, 1.807) is 0 Å². The molecule has 3 aromatic carbocycles. The molecule has 0 bridgehead atoms. The number of nitriles is 1. The SMILES string of the molecule is Cc1c(Nc2nccc3cc(CN4CC[C@](C)(O)C4)cnc23)cccc1-c1cccc(-c2nc3cc(CN4CCCC4)cc(C#N)c3o2)c1C. The number of rotatable bonds is 8. The van der Waals surface area contributed by atoms with Crippen LogP contribution in [0, 0.1) is 25.2 Å². The van der Waals surface area contributed by atoms with E-state index in [9.17, 15) is 10.4 Å². The van der Waals surface area contributed by atoms with Gasteiger partial charge in [0, 0.05) is 55.2 Å². The molecule has 0 radical (unpaired) electrons. The first kappa shape index (κ1) is 32.1. The number of nitrogens with zero attached hydrogens (tertiary/aromatic N) is 6. The lowest BCUT2D eigenvalue weighted by molar-refractivity contribution is 0.0679. The molecule has 2 saturated heterocycles. The molecule has 252 valence electrons. The van der Waals surface area contributed by atoms with E-state index in [-0.39, 0.29) is 0 Å². The Balaban J connectivity index is 1.08. The van der Waals surface area contributed by atoms with Crippen molar-refractivity contribution in [3.05, 3.63) is 101 Å². The van der Waals surface area contributed by atoms with E-state index in [2.05, 4.69) is 76.4 Å². The zero-order valence-corrected chi connectivity index (χ0v) is 28.8. The average molecular weight is 664 g/mol. The normalized spacial score (nSPS) is 18.3. The monoisotopic (exact) mass is 663 g/mol. The first-order valence-electron chi connectivity index (χ1n) is 17.5. The zero-order chi connectivity index (χ0) is 34.4. The number of nitrogens with one attached hydrogen (secondary N) is 1. The predicted molar refractivity (Wildman–Crippen MR) is 197 cm³/mol. The van der Waals surface area contributed by atoms with Gasteiger partial charge < -0.3 is 14.8 Å². The Morgan fingerprint density at radius 3 is 2.44 bits per heavy atom. The molecular weight excluding hydrogens is 622 g/mol. The third-order valence-electron chi connectivity index (χ3n) is 10.3. The molecule has 6 aromatic rings. The smallest absolute Gasteiger partial charge is 0.227 e. The Morgan fingerprint density at radius 1 is 0.900 bits per heavy atom. The van der Waals surface area contributed by atoms with Gasteiger partial charge in [-0.1, -0.05) is 24.3 Å². The summed E-state index contributed by atoms with van der Waals surface area (Å²) >= 11 is 0. The highest BCUT2D eigenvalue weighted by molar-refractivity contribution is 5.91. The van der Waals surface area contributed by atoms with E-state index >= 15 is 0 Å². The topological polar surface area (TPSA) is 114 Å². The Hall–Kier alpha value is -5.14. The van der Waals surface area contributed by atoms with Crippen LogP contribution in [0.15, 0.2) is 77.5 Å². The first-order valence-corrected chi connectivity index (χ1v) is 17.5. The van der Waals surface area contributed by atoms with E-state index in [1.807, 2.05) is 43.6 Å². The van der Waals surface area contributed by atoms with Crippen molar-refractivity contribution in [2.24, 2.45) is 0 Å². The van der Waals surface area contributed by atoms with Crippen molar-refractivity contribution in [1.29, 1.82) is 5.26 Å². The quantitative estimate of drug-likeness (QED) is 0.168. The molecule has 2 aliphatic rings. The standard InChI is InChI=1S/C41H41N7O2/c1-26-32(8-6-10-34(26)40-46-36-20-28(23-47-15-4-5-16-47)18-31(21-42)38(36)50-40)33-9-7-11-35(27(33)2)45-39-37-30(12-14-43-39)19-29(22-44-37)24-48-17-13-41(3,49)25-48/h6-12,14,18-20,22,49H,4-5,13,15-17,23-25H2,1-3H3,(H,43,45)/t41-/m0/s1. The van der Waals surface area contributed by atoms with Gasteiger partial charge in [0.2, 0.25) is 5.89 Å². The fourth-order valence-electron chi connectivity index (χ4n) is 7.64. The molecule has 5 heterocycles. The second-order valence-electron chi connectivity index (χ2n) is 14.2. The number of benzene rings is 3. The number of pyridine rings is 2. The van der Waals surface area contributed by atoms with Gasteiger partial charge in [0.25, 0.3) is 0 Å². The summed E-state index contributed by atoms with van der Waals surface area (Å²) in [4.78, 5) is 19.1. The average Bonchev–Trinajstić information content (AvgIpc) is 3.86. The molecule has 8 rings (SSSR count). The molecule has 1 atom stereocenters. The van der Waals surface area contributed by atoms with Gasteiger partial charge in [-0.3, -0.25) is 14.8 Å². The van der Waals surface area contributed by atoms with E-state index in [0.717, 1.165) is 94.7 Å². The Labute approximate surface area is 292 Å². The first-order chi connectivity index (χ1) is 24.2. The minimum absolute atomic E-state index is 0.515. The van der Waals surface area contributed by atoms with Crippen LogP contribution in [0.3, 0.4) is 0 Å². The minimum Gasteiger partial charge on any atom is -0.435 e. The molecule has 50 heavy (non-hydrogen) atoms. The van der Waals surface area contributed by atoms with Crippen LogP contribution in [0.1, 0.15) is 54.0 Å². The molecular formula is C41H41N7O2. The fraction of sp³-hybridized carbons (Fsp3) is 0.317. The molecule has 2 fully saturated rings. The summed E-state index contributed by atoms with van der Waals surface area (Å²) in [7, 11) is 0. The lowest BCUT2D eigenvalue weighted by atomic mass is 9.93. The van der Waals surface area contributed by atoms with Crippen molar-refractivity contribution >= 4 is 33.5 Å². The van der Waals surface area contributed by atoms with Gasteiger partial charge in [0.05, 0.1) is 11.2 Å². The lowest BCUT2D eigenvalue weighted by Crippen LogP contribution is -2.29. The zero-order valence-electron chi connectivity index (χ0n) is 28.8. The highest BCUT2D eigenvalue weighted by atomic mass is 16.3. The van der Waals surface area contributed by atoms with Crippen LogP contribution in [-0.2, 0) is 13.1 Å². The van der Waals surface area contributed by atoms with Gasteiger partial charge in [0.15, 0.2) is 11.4 Å². The molecule has 2 aliphatic heterocycles. The summed E-state index contributed by atoms with van der Waals surface area (Å²) in [5.74, 6) is 1.22. The number of aliphatic hydroxyl groups is 1. The molecule has 3 aromatic heterocycles. The second-order valence-corrected chi connectivity index (χ2v) is 14.2. The number of hydrogen-bond acceptors (Lipinski definition) is 9. The third-order valence-corrected chi connectivity index (χ3v) is 10.3. The largest absolute Gasteiger partial charge is 0.435 e. The molecule has 9 nitrogen and oxygen atoms in total. The summed E-state index contributed by atoms with van der Waals surface area (Å²) < 4.78 is 6.31. The van der Waals surface area contributed by atoms with Crippen LogP contribution in [0.2, 0.25) is 0 Å². The number of aromatic nitrogens is 3. The van der Waals surface area contributed by atoms with E-state index < -0.39 is 5.60 Å². The highest BCUT2D eigenvalue weighted by Gasteiger charge is 2.31. The molecule has 9 heteroatoms. The predicted octanol–water partition coefficient (Wildman–Crippen LogP) is 7.89. The van der Waals surface area contributed by atoms with Gasteiger partial charge >= 0.3 is 0 Å². The van der Waals surface area contributed by atoms with Crippen molar-refractivity contribution < 1.29 is 9.52 Å². The molecule has 0 amide bonds. The second kappa shape index (κ2) is 13.0. The van der Waals surface area contributed by atoms with Crippen molar-refractivity contribution in [2.45, 2.75) is 58.7 Å². The molecule has 2 N–H and O–H groups in total. The van der Waals surface area contributed by atoms with Crippen LogP contribution in [-0.4, -0.2) is 61.6 Å². The van der Waals surface area contributed by atoms with Gasteiger partial charge in [-0.25, -0.2) is 9.97 Å². The summed E-state index contributed by atoms with van der Waals surface area (Å²) in [6.45, 7) is 11.4. The Morgan fingerprint density at radius 2 is 1.66 bits per heavy atom. The van der Waals surface area contributed by atoms with Crippen molar-refractivity contribution in [1.82, 2.24) is 24.8 Å². The Kier molecular flexibility index (Phi) is 8.31. The Bertz CT molecular complexity index is 2280. The molecule has 0 saturated carbocycles. The number of fused-ring (bicyclic) bond motifs is 2. The minimum atomic E-state index is -0.624. The van der Waals surface area contributed by atoms with Crippen molar-refractivity contribution in [3.63, 3.8) is 0 Å². The van der Waals surface area contributed by atoms with Crippen LogP contribution < -0.4 is 5.32 Å². The fourth-order valence-corrected chi connectivity index (χ4v) is 7.64. The number of likely N-dealkylation sites (tertiary alicyclic amines) is 2. The van der Waals surface area contributed by atoms with E-state index in [1.165, 1.54) is 12.8 Å². The van der Waals surface area contributed by atoms with Crippen molar-refractivity contribution in [3.8, 4) is 28.7 Å². The van der Waals surface area contributed by atoms with Gasteiger partial charge in [0.1, 0.15) is 17.1 Å². The summed E-state index contributed by atoms with van der Waals surface area (Å²) in [5, 5.41) is 25.0. The maximum atomic E-state index is 10.4. The number of β-amino-alcohol motifs (C(OH)–C–C–N with tert-alkyl or cyclic N) is 1. The van der Waals surface area contributed by atoms with E-state index in [4.69, 9.17) is 14.4 Å². The van der Waals surface area contributed by atoms with Gasteiger partial charge in [-0.15, -0.1) is 0 Å². The van der Waals surface area contributed by atoms with E-state index in [0.29, 0.717) is 34.9 Å². The van der Waals surface area contributed by atoms with Crippen LogP contribution >= 0.6 is 0 Å². The van der Waals surface area contributed by atoms with Crippen molar-refractivity contribution in [2.75, 3.05) is 31.5 Å². The summed E-state index contributed by atoms with van der Waals surface area (Å²) in [6.07, 6.45) is 6.96. The summed E-state index contributed by atoms with van der Waals surface area (Å²) in [5.41, 5.74) is 10.3. The number of hydrogen-bond donors (Lipinski definition) is 2. The van der Waals surface area contributed by atoms with Gasteiger partial charge in [-0.2, -0.15) is 5.26 Å². The summed E-state index contributed by atoms with van der Waals surface area (Å²) in [6, 6.07) is 23.0. The molecule has 0 spiro atoms. The number of anilines is 2. The third kappa shape index (κ3) is 6.22. The molecule has 0 unspecified atom stereocenters. The molecule has 0 aliphatic carbocycles. The van der Waals surface area contributed by atoms with Crippen LogP contribution in [0.25, 0.3) is 44.6 Å². The number of oxazole rings is 1.